The normalized spacial score (nSPS) is 32.6. The predicted molar refractivity (Wildman–Crippen MR) is 158 cm³/mol. The number of carbonyl (C=O) groups is 4. The minimum Gasteiger partial charge on any atom is -0.504 e. The van der Waals surface area contributed by atoms with Crippen molar-refractivity contribution in [3.8, 4) is 11.5 Å². The summed E-state index contributed by atoms with van der Waals surface area (Å²) in [6.07, 6.45) is 1.94. The minimum atomic E-state index is -2.02. The van der Waals surface area contributed by atoms with E-state index in [1.807, 2.05) is 36.4 Å². The number of halogens is 4. The van der Waals surface area contributed by atoms with Crippen molar-refractivity contribution in [2.24, 2.45) is 17.8 Å². The number of phenols is 1. The second-order valence-electron chi connectivity index (χ2n) is 10.8. The summed E-state index contributed by atoms with van der Waals surface area (Å²) in [5.41, 5.74) is 1.49. The summed E-state index contributed by atoms with van der Waals surface area (Å²) in [5.74, 6) is -5.41. The topological polar surface area (TPSA) is 104 Å². The standard InChI is InChI=1S/C29H24Br2Cl2N2O6/c1-41-20-10-15(31)9-18(23(20)36)22-16-7-8-17-21(25(38)34(24(17)37)12-14-5-3-2-4-6-14)19(16)11-28(32)26(39)35(13-30)27(40)29(22,28)33/h2-7,9-10,17,19,21-22,36H,8,11-13H2,1H3/t17-,19+,21-,22+,28+,29-/m0/s1. The van der Waals surface area contributed by atoms with Gasteiger partial charge in [0.25, 0.3) is 11.8 Å². The van der Waals surface area contributed by atoms with Crippen LogP contribution in [0.4, 0.5) is 0 Å². The molecule has 214 valence electrons. The Kier molecular flexibility index (Phi) is 7.08. The zero-order valence-electron chi connectivity index (χ0n) is 21.7. The molecular formula is C29H24Br2Cl2N2O6. The number of allylic oxidation sites excluding steroid dienone is 2. The Morgan fingerprint density at radius 3 is 2.39 bits per heavy atom. The van der Waals surface area contributed by atoms with E-state index in [1.165, 1.54) is 12.0 Å². The predicted octanol–water partition coefficient (Wildman–Crippen LogP) is 5.07. The van der Waals surface area contributed by atoms with Gasteiger partial charge in [-0.15, -0.1) is 23.2 Å². The van der Waals surface area contributed by atoms with Crippen molar-refractivity contribution in [2.75, 3.05) is 12.6 Å². The first-order valence-electron chi connectivity index (χ1n) is 12.9. The molecule has 2 aromatic rings. The highest BCUT2D eigenvalue weighted by molar-refractivity contribution is 9.10. The highest BCUT2D eigenvalue weighted by atomic mass is 79.9. The molecule has 0 radical (unpaired) electrons. The van der Waals surface area contributed by atoms with E-state index in [1.54, 1.807) is 12.1 Å². The van der Waals surface area contributed by atoms with Gasteiger partial charge < -0.3 is 9.84 Å². The van der Waals surface area contributed by atoms with E-state index in [4.69, 9.17) is 27.9 Å². The molecule has 6 rings (SSSR count). The number of amides is 4. The third kappa shape index (κ3) is 3.90. The molecular weight excluding hydrogens is 703 g/mol. The van der Waals surface area contributed by atoms with Crippen LogP contribution in [0.5, 0.6) is 11.5 Å². The lowest BCUT2D eigenvalue weighted by Crippen LogP contribution is -2.60. The van der Waals surface area contributed by atoms with Crippen molar-refractivity contribution in [2.45, 2.75) is 35.1 Å². The fourth-order valence-corrected chi connectivity index (χ4v) is 8.93. The lowest BCUT2D eigenvalue weighted by Gasteiger charge is -2.50. The molecule has 1 N–H and O–H groups in total. The number of ether oxygens (including phenoxy) is 1. The van der Waals surface area contributed by atoms with E-state index < -0.39 is 45.2 Å². The van der Waals surface area contributed by atoms with E-state index in [2.05, 4.69) is 31.9 Å². The van der Waals surface area contributed by atoms with Crippen molar-refractivity contribution < 1.29 is 29.0 Å². The second kappa shape index (κ2) is 10.1. The van der Waals surface area contributed by atoms with Crippen LogP contribution in [-0.2, 0) is 25.7 Å². The summed E-state index contributed by atoms with van der Waals surface area (Å²) in [7, 11) is 1.39. The molecule has 4 amide bonds. The number of methoxy groups -OCH3 is 1. The largest absolute Gasteiger partial charge is 0.504 e. The Morgan fingerprint density at radius 2 is 1.73 bits per heavy atom. The van der Waals surface area contributed by atoms with E-state index in [9.17, 15) is 24.3 Å². The van der Waals surface area contributed by atoms with Gasteiger partial charge in [0, 0.05) is 16.0 Å². The molecule has 6 atom stereocenters. The van der Waals surface area contributed by atoms with Crippen LogP contribution >= 0.6 is 55.1 Å². The number of carbonyl (C=O) groups excluding carboxylic acids is 4. The first-order chi connectivity index (χ1) is 19.5. The molecule has 1 saturated carbocycles. The molecule has 4 aliphatic rings. The maximum absolute atomic E-state index is 14.0. The molecule has 0 aromatic heterocycles. The smallest absolute Gasteiger partial charge is 0.254 e. The Hall–Kier alpha value is -2.40. The van der Waals surface area contributed by atoms with Crippen LogP contribution in [0.2, 0.25) is 0 Å². The third-order valence-electron chi connectivity index (χ3n) is 8.89. The number of hydrogen-bond acceptors (Lipinski definition) is 6. The molecule has 0 unspecified atom stereocenters. The lowest BCUT2D eigenvalue weighted by atomic mass is 9.56. The number of nitrogens with zero attached hydrogens (tertiary/aromatic N) is 2. The van der Waals surface area contributed by atoms with Crippen LogP contribution in [0.3, 0.4) is 0 Å². The Balaban J connectivity index is 1.52. The Bertz CT molecular complexity index is 1540. The quantitative estimate of drug-likeness (QED) is 0.200. The van der Waals surface area contributed by atoms with Crippen molar-refractivity contribution >= 4 is 78.7 Å². The first kappa shape index (κ1) is 28.7. The molecule has 3 fully saturated rings. The monoisotopic (exact) mass is 724 g/mol. The average Bonchev–Trinajstić information content (AvgIpc) is 3.28. The van der Waals surface area contributed by atoms with Crippen LogP contribution in [-0.4, -0.2) is 60.8 Å². The lowest BCUT2D eigenvalue weighted by molar-refractivity contribution is -0.141. The van der Waals surface area contributed by atoms with Gasteiger partial charge in [-0.1, -0.05) is 73.8 Å². The summed E-state index contributed by atoms with van der Waals surface area (Å²) in [6.45, 7) is 0.126. The number of phenolic OH excluding ortho intramolecular Hbond substituents is 1. The van der Waals surface area contributed by atoms with Crippen LogP contribution in [0.1, 0.15) is 29.9 Å². The highest BCUT2D eigenvalue weighted by Gasteiger charge is 2.76. The minimum absolute atomic E-state index is 0.125. The number of imide groups is 2. The molecule has 12 heteroatoms. The van der Waals surface area contributed by atoms with Crippen molar-refractivity contribution in [1.82, 2.24) is 9.80 Å². The molecule has 2 aliphatic heterocycles. The highest BCUT2D eigenvalue weighted by Crippen LogP contribution is 2.66. The number of hydrogen-bond donors (Lipinski definition) is 1. The van der Waals surface area contributed by atoms with Crippen LogP contribution in [0.15, 0.2) is 58.6 Å². The summed E-state index contributed by atoms with van der Waals surface area (Å²) in [5, 5.41) is 11.3. The molecule has 0 spiro atoms. The average molecular weight is 727 g/mol. The number of benzene rings is 2. The maximum Gasteiger partial charge on any atom is 0.254 e. The van der Waals surface area contributed by atoms with Crippen molar-refractivity contribution in [1.29, 1.82) is 0 Å². The zero-order valence-corrected chi connectivity index (χ0v) is 26.3. The third-order valence-corrected chi connectivity index (χ3v) is 11.3. The summed E-state index contributed by atoms with van der Waals surface area (Å²) in [6, 6.07) is 12.4. The van der Waals surface area contributed by atoms with E-state index in [-0.39, 0.29) is 53.7 Å². The van der Waals surface area contributed by atoms with Crippen LogP contribution < -0.4 is 4.74 Å². The summed E-state index contributed by atoms with van der Waals surface area (Å²) in [4.78, 5) is 53.4. The molecule has 2 saturated heterocycles. The van der Waals surface area contributed by atoms with Crippen LogP contribution in [0.25, 0.3) is 0 Å². The number of fused-ring (bicyclic) bond motifs is 4. The van der Waals surface area contributed by atoms with Crippen molar-refractivity contribution in [3.63, 3.8) is 0 Å². The van der Waals surface area contributed by atoms with E-state index in [0.29, 0.717) is 10.0 Å². The van der Waals surface area contributed by atoms with Gasteiger partial charge in [0.1, 0.15) is 0 Å². The Morgan fingerprint density at radius 1 is 1.02 bits per heavy atom. The fraction of sp³-hybridized carbons (Fsp3) is 0.379. The van der Waals surface area contributed by atoms with Gasteiger partial charge in [-0.25, -0.2) is 0 Å². The number of likely N-dealkylation sites (tertiary alicyclic amines) is 2. The van der Waals surface area contributed by atoms with Gasteiger partial charge >= 0.3 is 0 Å². The second-order valence-corrected chi connectivity index (χ2v) is 13.4. The van der Waals surface area contributed by atoms with Gasteiger partial charge in [-0.05, 0) is 36.5 Å². The number of aromatic hydroxyl groups is 1. The van der Waals surface area contributed by atoms with Gasteiger partial charge in [-0.3, -0.25) is 29.0 Å². The molecule has 2 aliphatic carbocycles. The van der Waals surface area contributed by atoms with Gasteiger partial charge in [0.05, 0.1) is 30.9 Å². The first-order valence-corrected chi connectivity index (χ1v) is 15.6. The molecule has 2 aromatic carbocycles. The molecule has 8 nitrogen and oxygen atoms in total. The number of rotatable bonds is 5. The van der Waals surface area contributed by atoms with Gasteiger partial charge in [-0.2, -0.15) is 0 Å². The van der Waals surface area contributed by atoms with E-state index in [0.717, 1.165) is 10.5 Å². The molecule has 0 bridgehead atoms. The van der Waals surface area contributed by atoms with Crippen molar-refractivity contribution in [3.05, 3.63) is 69.7 Å². The summed E-state index contributed by atoms with van der Waals surface area (Å²) < 4.78 is 5.91. The molecule has 2 heterocycles. The Labute approximate surface area is 262 Å². The number of alkyl halides is 3. The van der Waals surface area contributed by atoms with Gasteiger partial charge in [0.15, 0.2) is 21.2 Å². The summed E-state index contributed by atoms with van der Waals surface area (Å²) >= 11 is 21.1. The van der Waals surface area contributed by atoms with Gasteiger partial charge in [0.2, 0.25) is 11.8 Å². The zero-order chi connectivity index (χ0) is 29.4. The SMILES string of the molecule is COc1cc(Br)cc([C@H]2C3=CC[C@@H]4C(=O)N(Cc5ccccc5)C(=O)[C@@H]4[C@@H]3C[C@@]3(Cl)C(=O)N(CBr)C(=O)[C@@]23Cl)c1O. The van der Waals surface area contributed by atoms with Crippen LogP contribution in [0, 0.1) is 17.8 Å². The molecule has 41 heavy (non-hydrogen) atoms. The fourth-order valence-electron chi connectivity index (χ4n) is 7.06. The van der Waals surface area contributed by atoms with E-state index >= 15 is 0 Å². The maximum atomic E-state index is 14.0.